The molecule has 3 heterocycles. The molecule has 0 aliphatic carbocycles. The lowest BCUT2D eigenvalue weighted by molar-refractivity contribution is 0.208. The second-order valence-electron chi connectivity index (χ2n) is 8.58. The normalized spacial score (nSPS) is 15.0. The van der Waals surface area contributed by atoms with E-state index < -0.39 is 0 Å². The third kappa shape index (κ3) is 3.91. The van der Waals surface area contributed by atoms with Crippen molar-refractivity contribution in [2.75, 3.05) is 36.8 Å². The zero-order valence-corrected chi connectivity index (χ0v) is 18.6. The number of nitrogens with zero attached hydrogens (tertiary/aromatic N) is 6. The van der Waals surface area contributed by atoms with E-state index in [0.29, 0.717) is 24.1 Å². The first-order chi connectivity index (χ1) is 15.6. The zero-order valence-electron chi connectivity index (χ0n) is 18.6. The predicted molar refractivity (Wildman–Crippen MR) is 130 cm³/mol. The topological polar surface area (TPSA) is 76.1 Å². The van der Waals surface area contributed by atoms with Crippen LogP contribution in [0.25, 0.3) is 22.3 Å². The lowest BCUT2D eigenvalue weighted by Crippen LogP contribution is -2.49. The first-order valence-electron chi connectivity index (χ1n) is 11.2. The fraction of sp³-hybridized carbons (Fsp3) is 0.320. The van der Waals surface area contributed by atoms with Crippen LogP contribution in [0, 0.1) is 0 Å². The van der Waals surface area contributed by atoms with Gasteiger partial charge in [-0.1, -0.05) is 60.7 Å². The molecule has 0 bridgehead atoms. The van der Waals surface area contributed by atoms with Gasteiger partial charge >= 0.3 is 0 Å². The summed E-state index contributed by atoms with van der Waals surface area (Å²) in [6.07, 6.45) is 0. The molecule has 0 saturated carbocycles. The molecule has 0 radical (unpaired) electrons. The van der Waals surface area contributed by atoms with Crippen LogP contribution in [0.5, 0.6) is 0 Å². The first-order valence-corrected chi connectivity index (χ1v) is 11.2. The average molecular weight is 428 g/mol. The first kappa shape index (κ1) is 20.5. The third-order valence-corrected chi connectivity index (χ3v) is 6.18. The van der Waals surface area contributed by atoms with Gasteiger partial charge in [0.15, 0.2) is 5.65 Å². The summed E-state index contributed by atoms with van der Waals surface area (Å²) >= 11 is 0. The number of nitrogen functional groups attached to an aromatic ring is 1. The molecule has 32 heavy (non-hydrogen) atoms. The highest BCUT2D eigenvalue weighted by atomic mass is 15.4. The van der Waals surface area contributed by atoms with Crippen LogP contribution in [-0.2, 0) is 6.54 Å². The highest BCUT2D eigenvalue weighted by molar-refractivity contribution is 5.99. The van der Waals surface area contributed by atoms with Crippen LogP contribution in [0.3, 0.4) is 0 Å². The van der Waals surface area contributed by atoms with Crippen LogP contribution in [0.4, 0.5) is 11.8 Å². The van der Waals surface area contributed by atoms with Gasteiger partial charge in [-0.3, -0.25) is 4.90 Å². The molecule has 164 valence electrons. The number of benzene rings is 2. The van der Waals surface area contributed by atoms with Crippen LogP contribution in [0.15, 0.2) is 60.7 Å². The molecule has 1 aliphatic rings. The zero-order chi connectivity index (χ0) is 22.1. The molecule has 1 saturated heterocycles. The van der Waals surface area contributed by atoms with Gasteiger partial charge in [-0.2, -0.15) is 4.98 Å². The van der Waals surface area contributed by atoms with Crippen LogP contribution in [-0.4, -0.2) is 56.9 Å². The summed E-state index contributed by atoms with van der Waals surface area (Å²) in [5.41, 5.74) is 10.3. The molecule has 2 N–H and O–H groups in total. The maximum absolute atomic E-state index is 6.61. The van der Waals surface area contributed by atoms with E-state index in [9.17, 15) is 0 Å². The molecule has 7 heteroatoms. The lowest BCUT2D eigenvalue weighted by atomic mass is 10.1. The van der Waals surface area contributed by atoms with E-state index in [1.165, 1.54) is 0 Å². The van der Waals surface area contributed by atoms with Gasteiger partial charge in [0.2, 0.25) is 5.95 Å². The van der Waals surface area contributed by atoms with Crippen molar-refractivity contribution in [1.29, 1.82) is 0 Å². The van der Waals surface area contributed by atoms with E-state index in [1.54, 1.807) is 0 Å². The number of nitrogens with two attached hydrogens (primary N) is 1. The van der Waals surface area contributed by atoms with E-state index in [0.717, 1.165) is 54.3 Å². The van der Waals surface area contributed by atoms with E-state index in [4.69, 9.17) is 20.8 Å². The van der Waals surface area contributed by atoms with Crippen molar-refractivity contribution in [1.82, 2.24) is 24.6 Å². The Bertz CT molecular complexity index is 1190. The third-order valence-electron chi connectivity index (χ3n) is 6.18. The van der Waals surface area contributed by atoms with E-state index in [2.05, 4.69) is 47.9 Å². The Morgan fingerprint density at radius 1 is 0.875 bits per heavy atom. The van der Waals surface area contributed by atoms with Crippen LogP contribution < -0.4 is 10.6 Å². The smallest absolute Gasteiger partial charge is 0.228 e. The van der Waals surface area contributed by atoms with E-state index >= 15 is 0 Å². The second-order valence-corrected chi connectivity index (χ2v) is 8.58. The Kier molecular flexibility index (Phi) is 5.49. The highest BCUT2D eigenvalue weighted by Crippen LogP contribution is 2.32. The number of aromatic nitrogens is 4. The maximum atomic E-state index is 6.61. The molecular formula is C25H29N7. The van der Waals surface area contributed by atoms with Crippen molar-refractivity contribution >= 4 is 22.8 Å². The Morgan fingerprint density at radius 2 is 1.53 bits per heavy atom. The summed E-state index contributed by atoms with van der Waals surface area (Å²) in [6.45, 7) is 8.90. The van der Waals surface area contributed by atoms with Gasteiger partial charge in [0.05, 0.1) is 17.6 Å². The number of anilines is 2. The van der Waals surface area contributed by atoms with Gasteiger partial charge in [-0.25, -0.2) is 9.67 Å². The van der Waals surface area contributed by atoms with Crippen LogP contribution >= 0.6 is 0 Å². The Balaban J connectivity index is 1.58. The van der Waals surface area contributed by atoms with Crippen molar-refractivity contribution in [3.63, 3.8) is 0 Å². The largest absolute Gasteiger partial charge is 0.383 e. The molecular weight excluding hydrogens is 398 g/mol. The predicted octanol–water partition coefficient (Wildman–Crippen LogP) is 3.65. The van der Waals surface area contributed by atoms with Crippen molar-refractivity contribution in [3.05, 3.63) is 66.2 Å². The van der Waals surface area contributed by atoms with Gasteiger partial charge in [-0.15, -0.1) is 5.10 Å². The maximum Gasteiger partial charge on any atom is 0.228 e. The Labute approximate surface area is 188 Å². The standard InChI is InChI=1S/C25H29N7/c1-18(2)30-13-15-31(16-14-30)25-27-22(20-11-7-4-8-12-20)21-23(26)32(29-24(21)28-25)17-19-9-5-3-6-10-19/h3-12,18H,13-17,26H2,1-2H3. The minimum Gasteiger partial charge on any atom is -0.383 e. The molecule has 0 spiro atoms. The summed E-state index contributed by atoms with van der Waals surface area (Å²) in [7, 11) is 0. The monoisotopic (exact) mass is 427 g/mol. The second kappa shape index (κ2) is 8.59. The Hall–Kier alpha value is -3.45. The quantitative estimate of drug-likeness (QED) is 0.524. The number of piperazine rings is 1. The summed E-state index contributed by atoms with van der Waals surface area (Å²) < 4.78 is 1.83. The van der Waals surface area contributed by atoms with Gasteiger partial charge < -0.3 is 10.6 Å². The van der Waals surface area contributed by atoms with Crippen LogP contribution in [0.2, 0.25) is 0 Å². The molecule has 1 aliphatic heterocycles. The average Bonchev–Trinajstić information content (AvgIpc) is 3.14. The molecule has 0 unspecified atom stereocenters. The number of rotatable bonds is 5. The van der Waals surface area contributed by atoms with E-state index in [-0.39, 0.29) is 0 Å². The lowest BCUT2D eigenvalue weighted by Gasteiger charge is -2.36. The summed E-state index contributed by atoms with van der Waals surface area (Å²) in [4.78, 5) is 14.6. The molecule has 0 atom stereocenters. The molecule has 2 aromatic carbocycles. The molecule has 0 amide bonds. The summed E-state index contributed by atoms with van der Waals surface area (Å²) in [6, 6.07) is 21.0. The Morgan fingerprint density at radius 3 is 2.19 bits per heavy atom. The fourth-order valence-corrected chi connectivity index (χ4v) is 4.30. The molecule has 5 rings (SSSR count). The molecule has 7 nitrogen and oxygen atoms in total. The summed E-state index contributed by atoms with van der Waals surface area (Å²) in [5, 5.41) is 5.61. The van der Waals surface area contributed by atoms with Crippen LogP contribution in [0.1, 0.15) is 19.4 Å². The number of hydrogen-bond donors (Lipinski definition) is 1. The van der Waals surface area contributed by atoms with Crippen molar-refractivity contribution < 1.29 is 0 Å². The molecule has 4 aromatic rings. The minimum atomic E-state index is 0.550. The van der Waals surface area contributed by atoms with Gasteiger partial charge in [-0.05, 0) is 19.4 Å². The molecule has 1 fully saturated rings. The highest BCUT2D eigenvalue weighted by Gasteiger charge is 2.24. The summed E-state index contributed by atoms with van der Waals surface area (Å²) in [5.74, 6) is 1.32. The molecule has 2 aromatic heterocycles. The van der Waals surface area contributed by atoms with Gasteiger partial charge in [0.1, 0.15) is 5.82 Å². The van der Waals surface area contributed by atoms with Crippen molar-refractivity contribution in [2.24, 2.45) is 0 Å². The van der Waals surface area contributed by atoms with Gasteiger partial charge in [0.25, 0.3) is 0 Å². The van der Waals surface area contributed by atoms with E-state index in [1.807, 2.05) is 41.1 Å². The number of hydrogen-bond acceptors (Lipinski definition) is 6. The van der Waals surface area contributed by atoms with Crippen molar-refractivity contribution in [2.45, 2.75) is 26.4 Å². The fourth-order valence-electron chi connectivity index (χ4n) is 4.30. The van der Waals surface area contributed by atoms with Crippen molar-refractivity contribution in [3.8, 4) is 11.3 Å². The SMILES string of the molecule is CC(C)N1CCN(c2nc(-c3ccccc3)c3c(N)n(Cc4ccccc4)nc3n2)CC1. The minimum absolute atomic E-state index is 0.550. The van der Waals surface area contributed by atoms with Gasteiger partial charge in [0, 0.05) is 37.8 Å². The number of fused-ring (bicyclic) bond motifs is 1.